The second kappa shape index (κ2) is 7.97. The molecule has 9 nitrogen and oxygen atoms in total. The van der Waals surface area contributed by atoms with Gasteiger partial charge in [0.15, 0.2) is 5.69 Å². The van der Waals surface area contributed by atoms with Crippen LogP contribution in [0.3, 0.4) is 0 Å². The van der Waals surface area contributed by atoms with Gasteiger partial charge in [-0.2, -0.15) is 4.31 Å². The van der Waals surface area contributed by atoms with Gasteiger partial charge in [-0.3, -0.25) is 9.78 Å². The van der Waals surface area contributed by atoms with Crippen molar-refractivity contribution < 1.29 is 16.1 Å². The molecule has 2 aromatic rings. The van der Waals surface area contributed by atoms with E-state index < -0.39 is 10.0 Å². The second-order valence-corrected chi connectivity index (χ2v) is 8.38. The van der Waals surface area contributed by atoms with Gasteiger partial charge >= 0.3 is 0 Å². The predicted octanol–water partition coefficient (Wildman–Crippen LogP) is 1.40. The molecule has 3 rings (SSSR count). The Hall–Kier alpha value is -2.59. The Morgan fingerprint density at radius 1 is 1.22 bits per heavy atom. The van der Waals surface area contributed by atoms with Crippen LogP contribution in [0.2, 0.25) is 0 Å². The van der Waals surface area contributed by atoms with Gasteiger partial charge in [-0.05, 0) is 26.0 Å². The molecule has 3 heterocycles. The molecule has 10 heteroatoms. The molecule has 1 aliphatic heterocycles. The molecule has 2 aromatic heterocycles. The molecular weight excluding hydrogens is 368 g/mol. The molecule has 0 radical (unpaired) electrons. The molecule has 27 heavy (non-hydrogen) atoms. The molecule has 1 N–H and O–H groups in total. The van der Waals surface area contributed by atoms with Crippen LogP contribution in [-0.4, -0.2) is 65.5 Å². The van der Waals surface area contributed by atoms with Gasteiger partial charge in [0.05, 0.1) is 17.6 Å². The van der Waals surface area contributed by atoms with Crippen molar-refractivity contribution in [1.82, 2.24) is 19.3 Å². The van der Waals surface area contributed by atoms with E-state index in [9.17, 15) is 13.2 Å². The molecule has 148 valence electrons. The number of hydrogen-bond donors (Lipinski definition) is 1. The average Bonchev–Trinajstić information content (AvgIpc) is 2.69. The fourth-order valence-electron chi connectivity index (χ4n) is 2.80. The molecule has 0 unspecified atom stereocenters. The van der Waals surface area contributed by atoms with Crippen molar-refractivity contribution >= 4 is 27.6 Å². The van der Waals surface area contributed by atoms with Gasteiger partial charge in [0.2, 0.25) is 10.0 Å². The minimum absolute atomic E-state index is 0. The predicted molar refractivity (Wildman–Crippen MR) is 106 cm³/mol. The zero-order valence-corrected chi connectivity index (χ0v) is 16.1. The molecule has 1 aliphatic rings. The molecule has 1 fully saturated rings. The average molecular weight is 395 g/mol. The highest BCUT2D eigenvalue weighted by Crippen LogP contribution is 2.17. The number of hydrogen-bond acceptors (Lipinski definition) is 7. The summed E-state index contributed by atoms with van der Waals surface area (Å²) in [5, 5.41) is 2.71. The highest BCUT2D eigenvalue weighted by Gasteiger charge is 2.26. The van der Waals surface area contributed by atoms with Crippen LogP contribution in [0.25, 0.3) is 0 Å². The second-order valence-electron chi connectivity index (χ2n) is 6.12. The van der Waals surface area contributed by atoms with Crippen molar-refractivity contribution in [3.05, 3.63) is 42.0 Å². The number of rotatable bonds is 5. The zero-order chi connectivity index (χ0) is 19.4. The smallest absolute Gasteiger partial charge is 0.277 e. The van der Waals surface area contributed by atoms with Crippen molar-refractivity contribution in [1.29, 1.82) is 0 Å². The Morgan fingerprint density at radius 2 is 1.96 bits per heavy atom. The van der Waals surface area contributed by atoms with E-state index in [2.05, 4.69) is 20.3 Å². The summed E-state index contributed by atoms with van der Waals surface area (Å²) < 4.78 is 25.4. The molecular formula is C17H26N6O3S. The number of anilines is 2. The van der Waals surface area contributed by atoms with Gasteiger partial charge in [-0.15, -0.1) is 0 Å². The van der Waals surface area contributed by atoms with E-state index >= 15 is 0 Å². The van der Waals surface area contributed by atoms with E-state index in [1.807, 2.05) is 4.90 Å². The minimum Gasteiger partial charge on any atom is -0.353 e. The third-order valence-electron chi connectivity index (χ3n) is 4.39. The Bertz CT molecular complexity index is 922. The van der Waals surface area contributed by atoms with Crippen LogP contribution >= 0.6 is 0 Å². The van der Waals surface area contributed by atoms with Crippen molar-refractivity contribution in [2.24, 2.45) is 0 Å². The van der Waals surface area contributed by atoms with Crippen molar-refractivity contribution in [3.63, 3.8) is 0 Å². The highest BCUT2D eigenvalue weighted by molar-refractivity contribution is 7.89. The summed E-state index contributed by atoms with van der Waals surface area (Å²) >= 11 is 0. The number of piperazine rings is 1. The van der Waals surface area contributed by atoms with E-state index in [4.69, 9.17) is 0 Å². The van der Waals surface area contributed by atoms with E-state index in [1.165, 1.54) is 4.31 Å². The molecule has 0 bridgehead atoms. The lowest BCUT2D eigenvalue weighted by Gasteiger charge is -2.34. The first-order chi connectivity index (χ1) is 12.9. The molecule has 0 saturated carbocycles. The van der Waals surface area contributed by atoms with Gasteiger partial charge < -0.3 is 10.2 Å². The molecule has 0 spiro atoms. The van der Waals surface area contributed by atoms with Crippen LogP contribution in [0, 0.1) is 6.92 Å². The minimum atomic E-state index is -3.19. The number of sulfonamides is 1. The van der Waals surface area contributed by atoms with Crippen molar-refractivity contribution in [2.75, 3.05) is 42.1 Å². The number of pyridine rings is 1. The maximum absolute atomic E-state index is 12.5. The van der Waals surface area contributed by atoms with Gasteiger partial charge in [-0.25, -0.2) is 18.4 Å². The van der Waals surface area contributed by atoms with Crippen LogP contribution in [0.1, 0.15) is 26.0 Å². The Balaban J connectivity index is 0.00000210. The highest BCUT2D eigenvalue weighted by atomic mass is 32.2. The van der Waals surface area contributed by atoms with Crippen LogP contribution in [0.4, 0.5) is 11.6 Å². The Morgan fingerprint density at radius 3 is 2.59 bits per heavy atom. The number of carbonyl (C=O) groups excluding carboxylic acids is 1. The number of amides is 1. The third-order valence-corrected chi connectivity index (χ3v) is 6.27. The van der Waals surface area contributed by atoms with Crippen LogP contribution in [0.15, 0.2) is 30.6 Å². The van der Waals surface area contributed by atoms with Crippen LogP contribution in [-0.2, 0) is 10.0 Å². The molecule has 0 aromatic carbocycles. The van der Waals surface area contributed by atoms with Gasteiger partial charge in [0, 0.05) is 35.2 Å². The van der Waals surface area contributed by atoms with Crippen molar-refractivity contribution in [2.45, 2.75) is 13.8 Å². The number of carbonyl (C=O) groups is 1. The molecule has 0 atom stereocenters. The largest absolute Gasteiger partial charge is 0.353 e. The SMILES string of the molecule is CCS(=O)(=O)N1CCN(c2cnc(C)c(C(=O)Nc3ccccn3)n2)CC1.[HH].[HH]. The van der Waals surface area contributed by atoms with Gasteiger partial charge in [-0.1, -0.05) is 6.07 Å². The lowest BCUT2D eigenvalue weighted by Crippen LogP contribution is -2.49. The zero-order valence-electron chi connectivity index (χ0n) is 15.3. The van der Waals surface area contributed by atoms with E-state index in [0.29, 0.717) is 43.5 Å². The summed E-state index contributed by atoms with van der Waals surface area (Å²) in [6, 6.07) is 5.24. The van der Waals surface area contributed by atoms with Gasteiger partial charge in [0.1, 0.15) is 11.6 Å². The maximum Gasteiger partial charge on any atom is 0.277 e. The summed E-state index contributed by atoms with van der Waals surface area (Å²) in [6.07, 6.45) is 3.20. The lowest BCUT2D eigenvalue weighted by molar-refractivity contribution is 0.102. The topological polar surface area (TPSA) is 108 Å². The van der Waals surface area contributed by atoms with E-state index in [0.717, 1.165) is 0 Å². The summed E-state index contributed by atoms with van der Waals surface area (Å²) in [4.78, 5) is 27.3. The third kappa shape index (κ3) is 4.40. The number of nitrogens with one attached hydrogen (secondary N) is 1. The Labute approximate surface area is 161 Å². The number of nitrogens with zero attached hydrogens (tertiary/aromatic N) is 5. The summed E-state index contributed by atoms with van der Waals surface area (Å²) in [5.74, 6) is 0.704. The summed E-state index contributed by atoms with van der Waals surface area (Å²) in [6.45, 7) is 5.13. The normalized spacial score (nSPS) is 15.6. The summed E-state index contributed by atoms with van der Waals surface area (Å²) in [7, 11) is -3.19. The number of aromatic nitrogens is 3. The Kier molecular flexibility index (Phi) is 5.66. The van der Waals surface area contributed by atoms with E-state index in [1.54, 1.807) is 44.4 Å². The van der Waals surface area contributed by atoms with Gasteiger partial charge in [0.25, 0.3) is 5.91 Å². The fraction of sp³-hybridized carbons (Fsp3) is 0.412. The monoisotopic (exact) mass is 394 g/mol. The van der Waals surface area contributed by atoms with Crippen LogP contribution < -0.4 is 10.2 Å². The first-order valence-corrected chi connectivity index (χ1v) is 10.3. The first-order valence-electron chi connectivity index (χ1n) is 8.69. The number of aryl methyl sites for hydroxylation is 1. The van der Waals surface area contributed by atoms with E-state index in [-0.39, 0.29) is 20.2 Å². The summed E-state index contributed by atoms with van der Waals surface area (Å²) in [5.41, 5.74) is 0.737. The molecule has 1 amide bonds. The first kappa shape index (κ1) is 19.2. The maximum atomic E-state index is 12.5. The quantitative estimate of drug-likeness (QED) is 0.816. The lowest BCUT2D eigenvalue weighted by atomic mass is 10.3. The van der Waals surface area contributed by atoms with Crippen LogP contribution in [0.5, 0.6) is 0 Å². The van der Waals surface area contributed by atoms with Crippen molar-refractivity contribution in [3.8, 4) is 0 Å². The standard InChI is InChI=1S/C17H22N6O3S.2H2/c1-3-27(25,26)23-10-8-22(9-11-23)15-12-19-13(2)16(21-15)17(24)20-14-6-4-5-7-18-14;;/h4-7,12H,3,8-11H2,1-2H3,(H,18,20,24);2*1H. The fourth-order valence-corrected chi connectivity index (χ4v) is 3.88. The molecule has 1 saturated heterocycles. The molecule has 0 aliphatic carbocycles.